The lowest BCUT2D eigenvalue weighted by Gasteiger charge is -2.16. The summed E-state index contributed by atoms with van der Waals surface area (Å²) in [5, 5.41) is 11.8. The third kappa shape index (κ3) is 2.70. The van der Waals surface area contributed by atoms with E-state index in [4.69, 9.17) is 5.26 Å². The standard InChI is InChI=1S/C13H12BrFN2O/c14-11-6-9(15)4-5-10(11)13(18)17-12-3-1-2-8(12)7-16/h4-6,8,12H,1-3H2,(H,17,18). The molecule has 5 heteroatoms. The molecule has 1 aliphatic carbocycles. The van der Waals surface area contributed by atoms with Crippen LogP contribution < -0.4 is 5.32 Å². The summed E-state index contributed by atoms with van der Waals surface area (Å²) in [6, 6.07) is 6.05. The van der Waals surface area contributed by atoms with Gasteiger partial charge in [-0.15, -0.1) is 0 Å². The first kappa shape index (κ1) is 13.0. The summed E-state index contributed by atoms with van der Waals surface area (Å²) in [5.74, 6) is -0.781. The Morgan fingerprint density at radius 3 is 2.94 bits per heavy atom. The van der Waals surface area contributed by atoms with Gasteiger partial charge in [0.05, 0.1) is 17.6 Å². The molecular weight excluding hydrogens is 299 g/mol. The number of benzene rings is 1. The molecule has 2 atom stereocenters. The van der Waals surface area contributed by atoms with Crippen molar-refractivity contribution in [1.29, 1.82) is 5.26 Å². The van der Waals surface area contributed by atoms with Crippen molar-refractivity contribution >= 4 is 21.8 Å². The Kier molecular flexibility index (Phi) is 3.97. The van der Waals surface area contributed by atoms with Crippen LogP contribution in [-0.2, 0) is 0 Å². The summed E-state index contributed by atoms with van der Waals surface area (Å²) in [6.45, 7) is 0. The zero-order chi connectivity index (χ0) is 13.1. The highest BCUT2D eigenvalue weighted by molar-refractivity contribution is 9.10. The van der Waals surface area contributed by atoms with E-state index in [2.05, 4.69) is 27.3 Å². The average Bonchev–Trinajstić information content (AvgIpc) is 2.76. The number of rotatable bonds is 2. The molecule has 1 saturated carbocycles. The molecule has 3 nitrogen and oxygen atoms in total. The molecule has 0 spiro atoms. The smallest absolute Gasteiger partial charge is 0.252 e. The van der Waals surface area contributed by atoms with Crippen molar-refractivity contribution in [1.82, 2.24) is 5.32 Å². The van der Waals surface area contributed by atoms with Gasteiger partial charge in [-0.05, 0) is 53.4 Å². The predicted octanol–water partition coefficient (Wildman–Crippen LogP) is 3.01. The fourth-order valence-electron chi connectivity index (χ4n) is 2.21. The second-order valence-corrected chi connectivity index (χ2v) is 5.22. The van der Waals surface area contributed by atoms with Gasteiger partial charge >= 0.3 is 0 Å². The minimum atomic E-state index is -0.394. The molecule has 18 heavy (non-hydrogen) atoms. The number of hydrogen-bond acceptors (Lipinski definition) is 2. The van der Waals surface area contributed by atoms with Gasteiger partial charge in [0.2, 0.25) is 0 Å². The van der Waals surface area contributed by atoms with E-state index in [1.807, 2.05) is 0 Å². The minimum Gasteiger partial charge on any atom is -0.348 e. The van der Waals surface area contributed by atoms with Gasteiger partial charge in [-0.2, -0.15) is 5.26 Å². The molecule has 1 amide bonds. The molecule has 1 aromatic rings. The van der Waals surface area contributed by atoms with Crippen molar-refractivity contribution in [2.75, 3.05) is 0 Å². The molecule has 2 unspecified atom stereocenters. The Labute approximate surface area is 113 Å². The van der Waals surface area contributed by atoms with E-state index in [1.165, 1.54) is 18.2 Å². The highest BCUT2D eigenvalue weighted by atomic mass is 79.9. The van der Waals surface area contributed by atoms with Crippen LogP contribution in [0.4, 0.5) is 4.39 Å². The number of carbonyl (C=O) groups excluding carboxylic acids is 1. The Bertz CT molecular complexity index is 512. The first-order valence-corrected chi connectivity index (χ1v) is 6.56. The molecule has 0 aromatic heterocycles. The summed E-state index contributed by atoms with van der Waals surface area (Å²) in [4.78, 5) is 12.0. The molecule has 94 valence electrons. The average molecular weight is 311 g/mol. The van der Waals surface area contributed by atoms with Crippen LogP contribution in [0, 0.1) is 23.1 Å². The van der Waals surface area contributed by atoms with Gasteiger partial charge in [-0.1, -0.05) is 0 Å². The van der Waals surface area contributed by atoms with Gasteiger partial charge in [-0.25, -0.2) is 4.39 Å². The van der Waals surface area contributed by atoms with E-state index in [-0.39, 0.29) is 17.9 Å². The largest absolute Gasteiger partial charge is 0.348 e. The molecule has 1 aliphatic rings. The molecule has 2 rings (SSSR count). The van der Waals surface area contributed by atoms with Crippen LogP contribution >= 0.6 is 15.9 Å². The topological polar surface area (TPSA) is 52.9 Å². The van der Waals surface area contributed by atoms with Crippen LogP contribution in [0.15, 0.2) is 22.7 Å². The molecular formula is C13H12BrFN2O. The fourth-order valence-corrected chi connectivity index (χ4v) is 2.74. The molecule has 1 fully saturated rings. The van der Waals surface area contributed by atoms with E-state index >= 15 is 0 Å². The number of nitrogens with one attached hydrogen (secondary N) is 1. The second kappa shape index (κ2) is 5.49. The monoisotopic (exact) mass is 310 g/mol. The Balaban J connectivity index is 2.10. The summed E-state index contributed by atoms with van der Waals surface area (Å²) in [5.41, 5.74) is 0.389. The van der Waals surface area contributed by atoms with Gasteiger partial charge < -0.3 is 5.32 Å². The lowest BCUT2D eigenvalue weighted by molar-refractivity contribution is 0.0932. The summed E-state index contributed by atoms with van der Waals surface area (Å²) < 4.78 is 13.4. The van der Waals surface area contributed by atoms with Crippen LogP contribution in [0.25, 0.3) is 0 Å². The predicted molar refractivity (Wildman–Crippen MR) is 68.3 cm³/mol. The third-order valence-corrected chi connectivity index (χ3v) is 3.83. The first-order chi connectivity index (χ1) is 8.61. The lowest BCUT2D eigenvalue weighted by atomic mass is 10.1. The minimum absolute atomic E-state index is 0.0977. The van der Waals surface area contributed by atoms with E-state index in [9.17, 15) is 9.18 Å². The quantitative estimate of drug-likeness (QED) is 0.913. The van der Waals surface area contributed by atoms with E-state index in [0.29, 0.717) is 10.0 Å². The van der Waals surface area contributed by atoms with Crippen LogP contribution in [-0.4, -0.2) is 11.9 Å². The molecule has 0 bridgehead atoms. The normalized spacial score (nSPS) is 22.5. The second-order valence-electron chi connectivity index (χ2n) is 4.37. The first-order valence-electron chi connectivity index (χ1n) is 5.77. The number of nitrogens with zero attached hydrogens (tertiary/aromatic N) is 1. The molecule has 0 saturated heterocycles. The van der Waals surface area contributed by atoms with E-state index < -0.39 is 5.82 Å². The van der Waals surface area contributed by atoms with Crippen LogP contribution in [0.1, 0.15) is 29.6 Å². The maximum absolute atomic E-state index is 12.9. The zero-order valence-corrected chi connectivity index (χ0v) is 11.2. The Morgan fingerprint density at radius 2 is 2.28 bits per heavy atom. The molecule has 0 heterocycles. The van der Waals surface area contributed by atoms with Crippen LogP contribution in [0.3, 0.4) is 0 Å². The highest BCUT2D eigenvalue weighted by Gasteiger charge is 2.28. The van der Waals surface area contributed by atoms with Crippen molar-refractivity contribution in [3.05, 3.63) is 34.1 Å². The molecule has 1 aromatic carbocycles. The number of nitriles is 1. The van der Waals surface area contributed by atoms with Crippen molar-refractivity contribution in [2.45, 2.75) is 25.3 Å². The van der Waals surface area contributed by atoms with Crippen LogP contribution in [0.5, 0.6) is 0 Å². The maximum Gasteiger partial charge on any atom is 0.252 e. The summed E-state index contributed by atoms with van der Waals surface area (Å²) >= 11 is 3.16. The van der Waals surface area contributed by atoms with Crippen LogP contribution in [0.2, 0.25) is 0 Å². The summed E-state index contributed by atoms with van der Waals surface area (Å²) in [7, 11) is 0. The number of hydrogen-bond donors (Lipinski definition) is 1. The van der Waals surface area contributed by atoms with Gasteiger partial charge in [0.15, 0.2) is 0 Å². The highest BCUT2D eigenvalue weighted by Crippen LogP contribution is 2.26. The van der Waals surface area contributed by atoms with Gasteiger partial charge in [-0.3, -0.25) is 4.79 Å². The Morgan fingerprint density at radius 1 is 1.50 bits per heavy atom. The van der Waals surface area contributed by atoms with Crippen molar-refractivity contribution < 1.29 is 9.18 Å². The van der Waals surface area contributed by atoms with Crippen molar-refractivity contribution in [3.63, 3.8) is 0 Å². The third-order valence-electron chi connectivity index (χ3n) is 3.17. The number of carbonyl (C=O) groups is 1. The lowest BCUT2D eigenvalue weighted by Crippen LogP contribution is -2.37. The fraction of sp³-hybridized carbons (Fsp3) is 0.385. The van der Waals surface area contributed by atoms with Gasteiger partial charge in [0.25, 0.3) is 5.91 Å². The number of halogens is 2. The SMILES string of the molecule is N#CC1CCCC1NC(=O)c1ccc(F)cc1Br. The Hall–Kier alpha value is -1.41. The molecule has 1 N–H and O–H groups in total. The zero-order valence-electron chi connectivity index (χ0n) is 9.62. The number of amides is 1. The van der Waals surface area contributed by atoms with Crippen molar-refractivity contribution in [2.24, 2.45) is 5.92 Å². The molecule has 0 radical (unpaired) electrons. The van der Waals surface area contributed by atoms with E-state index in [1.54, 1.807) is 0 Å². The molecule has 0 aliphatic heterocycles. The maximum atomic E-state index is 12.9. The summed E-state index contributed by atoms with van der Waals surface area (Å²) in [6.07, 6.45) is 2.60. The van der Waals surface area contributed by atoms with Gasteiger partial charge in [0.1, 0.15) is 5.82 Å². The van der Waals surface area contributed by atoms with Gasteiger partial charge in [0, 0.05) is 10.5 Å². The van der Waals surface area contributed by atoms with E-state index in [0.717, 1.165) is 19.3 Å². The van der Waals surface area contributed by atoms with Crippen molar-refractivity contribution in [3.8, 4) is 6.07 Å².